The number of halogens is 1. The number of nitrogens with one attached hydrogen (secondary N) is 1. The molecule has 1 atom stereocenters. The van der Waals surface area contributed by atoms with Crippen LogP contribution in [-0.2, 0) is 6.54 Å². The van der Waals surface area contributed by atoms with Crippen LogP contribution < -0.4 is 10.2 Å². The van der Waals surface area contributed by atoms with Gasteiger partial charge in [0.2, 0.25) is 0 Å². The van der Waals surface area contributed by atoms with E-state index in [1.807, 2.05) is 6.07 Å². The van der Waals surface area contributed by atoms with Crippen LogP contribution in [0.25, 0.3) is 0 Å². The molecule has 1 aromatic rings. The van der Waals surface area contributed by atoms with E-state index < -0.39 is 0 Å². The molecule has 1 unspecified atom stereocenters. The summed E-state index contributed by atoms with van der Waals surface area (Å²) in [5, 5.41) is 13.7. The van der Waals surface area contributed by atoms with Gasteiger partial charge >= 0.3 is 0 Å². The molecule has 20 heavy (non-hydrogen) atoms. The zero-order valence-electron chi connectivity index (χ0n) is 12.6. The Morgan fingerprint density at radius 2 is 2.15 bits per heavy atom. The molecule has 2 N–H and O–H groups in total. The number of hydrogen-bond acceptors (Lipinski definition) is 3. The number of aliphatic hydroxyl groups is 1. The first-order chi connectivity index (χ1) is 9.40. The summed E-state index contributed by atoms with van der Waals surface area (Å²) in [5.74, 6) is 0. The van der Waals surface area contributed by atoms with Crippen LogP contribution in [0.2, 0.25) is 5.02 Å². The van der Waals surface area contributed by atoms with Crippen molar-refractivity contribution >= 4 is 17.3 Å². The van der Waals surface area contributed by atoms with Gasteiger partial charge in [-0.1, -0.05) is 17.7 Å². The van der Waals surface area contributed by atoms with Gasteiger partial charge in [-0.25, -0.2) is 0 Å². The molecule has 4 heteroatoms. The molecule has 112 valence electrons. The summed E-state index contributed by atoms with van der Waals surface area (Å²) in [6.07, 6.45) is 2.19. The Labute approximate surface area is 126 Å². The summed E-state index contributed by atoms with van der Waals surface area (Å²) < 4.78 is 0. The fourth-order valence-corrected chi connectivity index (χ4v) is 2.83. The van der Waals surface area contributed by atoms with E-state index in [0.29, 0.717) is 0 Å². The zero-order valence-corrected chi connectivity index (χ0v) is 13.4. The van der Waals surface area contributed by atoms with Crippen molar-refractivity contribution in [2.45, 2.75) is 51.7 Å². The molecule has 0 bridgehead atoms. The van der Waals surface area contributed by atoms with Crippen LogP contribution in [0.1, 0.15) is 39.2 Å². The number of rotatable bonds is 4. The summed E-state index contributed by atoms with van der Waals surface area (Å²) in [6.45, 7) is 8.42. The number of anilines is 1. The van der Waals surface area contributed by atoms with Gasteiger partial charge in [-0.3, -0.25) is 0 Å². The van der Waals surface area contributed by atoms with E-state index in [9.17, 15) is 5.11 Å². The monoisotopic (exact) mass is 296 g/mol. The first-order valence-electron chi connectivity index (χ1n) is 7.31. The topological polar surface area (TPSA) is 35.5 Å². The van der Waals surface area contributed by atoms with Gasteiger partial charge in [-0.15, -0.1) is 0 Å². The molecule has 0 spiro atoms. The molecule has 0 amide bonds. The Morgan fingerprint density at radius 1 is 1.40 bits per heavy atom. The largest absolute Gasteiger partial charge is 0.394 e. The van der Waals surface area contributed by atoms with Crippen molar-refractivity contribution < 1.29 is 5.11 Å². The van der Waals surface area contributed by atoms with Gasteiger partial charge in [-0.05, 0) is 51.3 Å². The predicted octanol–water partition coefficient (Wildman–Crippen LogP) is 3.19. The van der Waals surface area contributed by atoms with Crippen LogP contribution in [0, 0.1) is 0 Å². The van der Waals surface area contributed by atoms with Crippen molar-refractivity contribution in [3.8, 4) is 0 Å². The third-order valence-electron chi connectivity index (χ3n) is 3.77. The quantitative estimate of drug-likeness (QED) is 0.896. The average molecular weight is 297 g/mol. The first kappa shape index (κ1) is 15.6. The van der Waals surface area contributed by atoms with Gasteiger partial charge in [0.15, 0.2) is 0 Å². The van der Waals surface area contributed by atoms with E-state index >= 15 is 0 Å². The third-order valence-corrected chi connectivity index (χ3v) is 4.12. The van der Waals surface area contributed by atoms with Crippen molar-refractivity contribution in [2.75, 3.05) is 18.1 Å². The van der Waals surface area contributed by atoms with Crippen molar-refractivity contribution in [3.63, 3.8) is 0 Å². The van der Waals surface area contributed by atoms with Gasteiger partial charge in [0, 0.05) is 29.3 Å². The lowest BCUT2D eigenvalue weighted by molar-refractivity contribution is 0.266. The second-order valence-electron chi connectivity index (χ2n) is 6.55. The maximum Gasteiger partial charge on any atom is 0.0635 e. The Bertz CT molecular complexity index is 456. The highest BCUT2D eigenvalue weighted by Crippen LogP contribution is 2.29. The number of nitrogens with zero attached hydrogens (tertiary/aromatic N) is 1. The lowest BCUT2D eigenvalue weighted by atomic mass is 10.1. The van der Waals surface area contributed by atoms with E-state index in [0.717, 1.165) is 42.2 Å². The van der Waals surface area contributed by atoms with Crippen molar-refractivity contribution in [3.05, 3.63) is 28.8 Å². The first-order valence-corrected chi connectivity index (χ1v) is 7.69. The van der Waals surface area contributed by atoms with Crippen LogP contribution in [0.3, 0.4) is 0 Å². The summed E-state index contributed by atoms with van der Waals surface area (Å²) in [7, 11) is 0. The summed E-state index contributed by atoms with van der Waals surface area (Å²) in [4.78, 5) is 2.26. The molecule has 3 nitrogen and oxygen atoms in total. The Morgan fingerprint density at radius 3 is 2.75 bits per heavy atom. The maximum absolute atomic E-state index is 9.41. The van der Waals surface area contributed by atoms with Crippen LogP contribution in [0.5, 0.6) is 0 Å². The molecule has 1 aromatic carbocycles. The Hall–Kier alpha value is -0.770. The standard InChI is InChI=1S/C16H25ClN2O/c1-16(2,3)18-10-12-6-7-13(9-15(12)17)19-8-4-5-14(19)11-20/h6-7,9,14,18,20H,4-5,8,10-11H2,1-3H3. The smallest absolute Gasteiger partial charge is 0.0635 e. The second kappa shape index (κ2) is 6.33. The summed E-state index contributed by atoms with van der Waals surface area (Å²) in [5.41, 5.74) is 2.31. The summed E-state index contributed by atoms with van der Waals surface area (Å²) in [6, 6.07) is 6.46. The van der Waals surface area contributed by atoms with Gasteiger partial charge in [0.1, 0.15) is 0 Å². The molecular formula is C16H25ClN2O. The minimum atomic E-state index is 0.0823. The average Bonchev–Trinajstić information content (AvgIpc) is 2.84. The Kier molecular flexibility index (Phi) is 4.95. The molecule has 0 saturated carbocycles. The molecule has 2 rings (SSSR count). The van der Waals surface area contributed by atoms with E-state index in [4.69, 9.17) is 11.6 Å². The molecule has 0 radical (unpaired) electrons. The van der Waals surface area contributed by atoms with Gasteiger partial charge in [0.25, 0.3) is 0 Å². The van der Waals surface area contributed by atoms with E-state index in [2.05, 4.69) is 43.1 Å². The molecule has 1 fully saturated rings. The van der Waals surface area contributed by atoms with Crippen molar-refractivity contribution in [1.82, 2.24) is 5.32 Å². The molecule has 0 aliphatic carbocycles. The second-order valence-corrected chi connectivity index (χ2v) is 6.96. The highest BCUT2D eigenvalue weighted by molar-refractivity contribution is 6.31. The van der Waals surface area contributed by atoms with Crippen molar-refractivity contribution in [2.24, 2.45) is 0 Å². The number of aliphatic hydroxyl groups excluding tert-OH is 1. The normalized spacial score (nSPS) is 19.6. The molecule has 1 aliphatic rings. The zero-order chi connectivity index (χ0) is 14.8. The number of hydrogen-bond donors (Lipinski definition) is 2. The van der Waals surface area contributed by atoms with E-state index in [1.54, 1.807) is 0 Å². The molecular weight excluding hydrogens is 272 g/mol. The SMILES string of the molecule is CC(C)(C)NCc1ccc(N2CCCC2CO)cc1Cl. The van der Waals surface area contributed by atoms with Crippen LogP contribution >= 0.6 is 11.6 Å². The molecule has 1 saturated heterocycles. The lowest BCUT2D eigenvalue weighted by Gasteiger charge is -2.26. The lowest BCUT2D eigenvalue weighted by Crippen LogP contribution is -2.35. The molecule has 1 heterocycles. The maximum atomic E-state index is 9.41. The fraction of sp³-hybridized carbons (Fsp3) is 0.625. The third kappa shape index (κ3) is 3.87. The summed E-state index contributed by atoms with van der Waals surface area (Å²) >= 11 is 6.40. The van der Waals surface area contributed by atoms with Gasteiger partial charge in [-0.2, -0.15) is 0 Å². The minimum Gasteiger partial charge on any atom is -0.394 e. The highest BCUT2D eigenvalue weighted by Gasteiger charge is 2.24. The molecule has 0 aromatic heterocycles. The Balaban J connectivity index is 2.09. The number of benzene rings is 1. The van der Waals surface area contributed by atoms with Gasteiger partial charge < -0.3 is 15.3 Å². The molecule has 1 aliphatic heterocycles. The van der Waals surface area contributed by atoms with Crippen LogP contribution in [0.15, 0.2) is 18.2 Å². The van der Waals surface area contributed by atoms with Crippen molar-refractivity contribution in [1.29, 1.82) is 0 Å². The van der Waals surface area contributed by atoms with E-state index in [1.165, 1.54) is 0 Å². The van der Waals surface area contributed by atoms with Crippen LogP contribution in [-0.4, -0.2) is 29.8 Å². The van der Waals surface area contributed by atoms with Gasteiger partial charge in [0.05, 0.1) is 12.6 Å². The van der Waals surface area contributed by atoms with Crippen LogP contribution in [0.4, 0.5) is 5.69 Å². The fourth-order valence-electron chi connectivity index (χ4n) is 2.58. The highest BCUT2D eigenvalue weighted by atomic mass is 35.5. The minimum absolute atomic E-state index is 0.0823. The predicted molar refractivity (Wildman–Crippen MR) is 85.5 cm³/mol. The van der Waals surface area contributed by atoms with E-state index in [-0.39, 0.29) is 18.2 Å².